The number of likely N-dealkylation sites (N-methyl/N-ethyl adjacent to an activating group) is 1. The Morgan fingerprint density at radius 3 is 2.07 bits per heavy atom. The van der Waals surface area contributed by atoms with Gasteiger partial charge in [0.1, 0.15) is 6.04 Å². The number of alkyl halides is 1. The zero-order chi connectivity index (χ0) is 21.9. The molecule has 30 heavy (non-hydrogen) atoms. The van der Waals surface area contributed by atoms with Crippen LogP contribution in [-0.2, 0) is 10.0 Å². The van der Waals surface area contributed by atoms with Gasteiger partial charge < -0.3 is 0 Å². The number of Topliss-reactive ketones (excluding diaryl/α,β-unsaturated/α-hetero) is 1. The molecule has 0 saturated heterocycles. The summed E-state index contributed by atoms with van der Waals surface area (Å²) in [6.45, 7) is 1.89. The Hall–Kier alpha value is -1.99. The number of halogens is 2. The molecule has 4 nitrogen and oxygen atoms in total. The Bertz CT molecular complexity index is 1120. The number of benzene rings is 3. The number of ketones is 1. The molecule has 0 aliphatic carbocycles. The van der Waals surface area contributed by atoms with E-state index in [1.165, 1.54) is 7.05 Å². The zero-order valence-corrected chi connectivity index (χ0v) is 19.7. The van der Waals surface area contributed by atoms with Gasteiger partial charge in [0, 0.05) is 17.6 Å². The van der Waals surface area contributed by atoms with E-state index in [4.69, 9.17) is 11.6 Å². The largest absolute Gasteiger partial charge is 0.292 e. The van der Waals surface area contributed by atoms with E-state index in [-0.39, 0.29) is 10.7 Å². The number of aryl methyl sites for hydroxylation is 1. The molecule has 0 spiro atoms. The number of nitrogens with zero attached hydrogens (tertiary/aromatic N) is 1. The molecule has 0 bridgehead atoms. The molecule has 0 amide bonds. The van der Waals surface area contributed by atoms with Crippen molar-refractivity contribution < 1.29 is 13.2 Å². The summed E-state index contributed by atoms with van der Waals surface area (Å²) < 4.78 is 27.8. The Kier molecular flexibility index (Phi) is 7.14. The molecule has 0 aliphatic heterocycles. The van der Waals surface area contributed by atoms with Gasteiger partial charge in [-0.05, 0) is 36.8 Å². The first kappa shape index (κ1) is 22.7. The van der Waals surface area contributed by atoms with E-state index in [1.807, 2.05) is 13.0 Å². The van der Waals surface area contributed by atoms with E-state index in [2.05, 4.69) is 15.9 Å². The van der Waals surface area contributed by atoms with Crippen molar-refractivity contribution in [3.05, 3.63) is 101 Å². The van der Waals surface area contributed by atoms with Gasteiger partial charge >= 0.3 is 0 Å². The standard InChI is InChI=1S/C23H21BrClNO3S/c1-16-8-14-20(15-9-16)30(28,29)26(2)22(23(27)18-6-4-3-5-7-18)21(24)17-10-12-19(25)13-11-17/h3-15,21-22H,1-2H3/t21-,22-/m1/s1. The van der Waals surface area contributed by atoms with Gasteiger partial charge in [-0.3, -0.25) is 4.79 Å². The van der Waals surface area contributed by atoms with Crippen molar-refractivity contribution in [2.24, 2.45) is 0 Å². The van der Waals surface area contributed by atoms with Gasteiger partial charge in [0.05, 0.1) is 9.72 Å². The second-order valence-electron chi connectivity index (χ2n) is 6.96. The molecule has 3 rings (SSSR count). The van der Waals surface area contributed by atoms with Crippen LogP contribution in [0.3, 0.4) is 0 Å². The van der Waals surface area contributed by atoms with E-state index < -0.39 is 20.9 Å². The summed E-state index contributed by atoms with van der Waals surface area (Å²) in [4.78, 5) is 13.0. The minimum absolute atomic E-state index is 0.136. The number of carbonyl (C=O) groups excluding carboxylic acids is 1. The monoisotopic (exact) mass is 505 g/mol. The average molecular weight is 507 g/mol. The number of sulfonamides is 1. The van der Waals surface area contributed by atoms with Crippen LogP contribution >= 0.6 is 27.5 Å². The van der Waals surface area contributed by atoms with Crippen LogP contribution in [0.4, 0.5) is 0 Å². The maximum atomic E-state index is 13.4. The summed E-state index contributed by atoms with van der Waals surface area (Å²) in [5, 5.41) is 0.560. The first-order valence-electron chi connectivity index (χ1n) is 9.25. The van der Waals surface area contributed by atoms with E-state index in [0.29, 0.717) is 10.6 Å². The van der Waals surface area contributed by atoms with Crippen LogP contribution in [-0.4, -0.2) is 31.6 Å². The Morgan fingerprint density at radius 1 is 0.933 bits per heavy atom. The van der Waals surface area contributed by atoms with Crippen LogP contribution < -0.4 is 0 Å². The van der Waals surface area contributed by atoms with Crippen molar-refractivity contribution in [3.63, 3.8) is 0 Å². The molecule has 2 atom stereocenters. The molecule has 0 heterocycles. The minimum Gasteiger partial charge on any atom is -0.292 e. The molecule has 156 valence electrons. The summed E-state index contributed by atoms with van der Waals surface area (Å²) in [5.41, 5.74) is 2.14. The van der Waals surface area contributed by atoms with E-state index in [0.717, 1.165) is 15.4 Å². The third-order valence-corrected chi connectivity index (χ3v) is 8.02. The summed E-state index contributed by atoms with van der Waals surface area (Å²) in [6, 6.07) is 21.2. The number of carbonyl (C=O) groups is 1. The fourth-order valence-electron chi connectivity index (χ4n) is 3.11. The van der Waals surface area contributed by atoms with Crippen LogP contribution in [0.1, 0.15) is 26.3 Å². The number of rotatable bonds is 7. The van der Waals surface area contributed by atoms with Crippen LogP contribution in [0.15, 0.2) is 83.8 Å². The average Bonchev–Trinajstić information content (AvgIpc) is 2.75. The Labute approximate surface area is 190 Å². The van der Waals surface area contributed by atoms with Crippen LogP contribution in [0, 0.1) is 6.92 Å². The van der Waals surface area contributed by atoms with Crippen molar-refractivity contribution in [1.29, 1.82) is 0 Å². The van der Waals surface area contributed by atoms with Gasteiger partial charge in [-0.2, -0.15) is 4.31 Å². The molecule has 3 aromatic carbocycles. The third kappa shape index (κ3) is 4.83. The molecule has 7 heteroatoms. The lowest BCUT2D eigenvalue weighted by molar-refractivity contribution is 0.0906. The fraction of sp³-hybridized carbons (Fsp3) is 0.174. The highest BCUT2D eigenvalue weighted by molar-refractivity contribution is 9.09. The van der Waals surface area contributed by atoms with Crippen molar-refractivity contribution in [1.82, 2.24) is 4.31 Å². The van der Waals surface area contributed by atoms with Crippen molar-refractivity contribution in [2.75, 3.05) is 7.05 Å². The summed E-state index contributed by atoms with van der Waals surface area (Å²) in [5.74, 6) is -0.300. The van der Waals surface area contributed by atoms with Gasteiger partial charge in [0.15, 0.2) is 5.78 Å². The topological polar surface area (TPSA) is 54.5 Å². The molecule has 0 fully saturated rings. The summed E-state index contributed by atoms with van der Waals surface area (Å²) >= 11 is 9.58. The molecular weight excluding hydrogens is 486 g/mol. The maximum absolute atomic E-state index is 13.4. The highest BCUT2D eigenvalue weighted by Crippen LogP contribution is 2.34. The van der Waals surface area contributed by atoms with E-state index >= 15 is 0 Å². The highest BCUT2D eigenvalue weighted by Gasteiger charge is 2.38. The quantitative estimate of drug-likeness (QED) is 0.307. The molecule has 3 aromatic rings. The fourth-order valence-corrected chi connectivity index (χ4v) is 5.62. The molecule has 0 unspecified atom stereocenters. The SMILES string of the molecule is Cc1ccc(S(=O)(=O)N(C)[C@@H](C(=O)c2ccccc2)[C@H](Br)c2ccc(Cl)cc2)cc1. The van der Waals surface area contributed by atoms with Gasteiger partial charge in [0.25, 0.3) is 0 Å². The lowest BCUT2D eigenvalue weighted by Crippen LogP contribution is -2.44. The first-order chi connectivity index (χ1) is 14.2. The molecule has 0 aliphatic rings. The van der Waals surface area contributed by atoms with Gasteiger partial charge in [-0.25, -0.2) is 8.42 Å². The van der Waals surface area contributed by atoms with Crippen LogP contribution in [0.2, 0.25) is 5.02 Å². The first-order valence-corrected chi connectivity index (χ1v) is 12.0. The zero-order valence-electron chi connectivity index (χ0n) is 16.5. The molecule has 0 saturated carbocycles. The van der Waals surface area contributed by atoms with E-state index in [9.17, 15) is 13.2 Å². The highest BCUT2D eigenvalue weighted by atomic mass is 79.9. The predicted molar refractivity (Wildman–Crippen MR) is 124 cm³/mol. The predicted octanol–water partition coefficient (Wildman–Crippen LogP) is 5.66. The van der Waals surface area contributed by atoms with Gasteiger partial charge in [-0.1, -0.05) is 87.7 Å². The number of hydrogen-bond acceptors (Lipinski definition) is 3. The Morgan fingerprint density at radius 2 is 1.50 bits per heavy atom. The van der Waals surface area contributed by atoms with Crippen molar-refractivity contribution >= 4 is 43.3 Å². The summed E-state index contributed by atoms with van der Waals surface area (Å²) in [6.07, 6.45) is 0. The molecule has 0 N–H and O–H groups in total. The normalized spacial score (nSPS) is 13.8. The summed E-state index contributed by atoms with van der Waals surface area (Å²) in [7, 11) is -2.48. The third-order valence-electron chi connectivity index (χ3n) is 4.88. The van der Waals surface area contributed by atoms with E-state index in [1.54, 1.807) is 72.8 Å². The Balaban J connectivity index is 2.07. The van der Waals surface area contributed by atoms with Crippen molar-refractivity contribution in [2.45, 2.75) is 22.7 Å². The number of hydrogen-bond donors (Lipinski definition) is 0. The smallest absolute Gasteiger partial charge is 0.243 e. The molecular formula is C23H21BrClNO3S. The molecule has 0 radical (unpaired) electrons. The van der Waals surface area contributed by atoms with Gasteiger partial charge in [0.2, 0.25) is 10.0 Å². The molecule has 0 aromatic heterocycles. The van der Waals surface area contributed by atoms with Crippen LogP contribution in [0.5, 0.6) is 0 Å². The maximum Gasteiger partial charge on any atom is 0.243 e. The lowest BCUT2D eigenvalue weighted by atomic mass is 9.97. The van der Waals surface area contributed by atoms with Crippen molar-refractivity contribution in [3.8, 4) is 0 Å². The second-order valence-corrected chi connectivity index (χ2v) is 10.4. The van der Waals surface area contributed by atoms with Gasteiger partial charge in [-0.15, -0.1) is 0 Å². The lowest BCUT2D eigenvalue weighted by Gasteiger charge is -2.30. The minimum atomic E-state index is -3.91. The van der Waals surface area contributed by atoms with Crippen LogP contribution in [0.25, 0.3) is 0 Å². The second kappa shape index (κ2) is 9.43.